The number of nitrogens with one attached hydrogen (secondary N) is 2. The Morgan fingerprint density at radius 1 is 1.13 bits per heavy atom. The van der Waals surface area contributed by atoms with Crippen molar-refractivity contribution in [1.82, 2.24) is 10.6 Å². The van der Waals surface area contributed by atoms with Crippen LogP contribution in [0.2, 0.25) is 0 Å². The highest BCUT2D eigenvalue weighted by atomic mass is 16.5. The predicted octanol–water partition coefficient (Wildman–Crippen LogP) is 2.65. The van der Waals surface area contributed by atoms with Gasteiger partial charge in [0.05, 0.1) is 20.5 Å². The third-order valence-electron chi connectivity index (χ3n) is 3.55. The van der Waals surface area contributed by atoms with Crippen molar-refractivity contribution in [2.45, 2.75) is 19.9 Å². The van der Waals surface area contributed by atoms with Gasteiger partial charge in [0.2, 0.25) is 0 Å². The number of carbonyl (C=O) groups is 1. The molecule has 1 aromatic carbocycles. The average Bonchev–Trinajstić information content (AvgIpc) is 2.97. The first kappa shape index (κ1) is 16.7. The molecule has 0 aliphatic rings. The van der Waals surface area contributed by atoms with Crippen LogP contribution in [0.1, 0.15) is 16.9 Å². The summed E-state index contributed by atoms with van der Waals surface area (Å²) in [6.45, 7) is 2.85. The van der Waals surface area contributed by atoms with Crippen LogP contribution in [0.15, 0.2) is 34.9 Å². The van der Waals surface area contributed by atoms with E-state index in [2.05, 4.69) is 10.6 Å². The van der Waals surface area contributed by atoms with Gasteiger partial charge in [0.1, 0.15) is 5.76 Å². The summed E-state index contributed by atoms with van der Waals surface area (Å²) in [5.74, 6) is 2.19. The summed E-state index contributed by atoms with van der Waals surface area (Å²) < 4.78 is 15.6. The maximum absolute atomic E-state index is 11.8. The van der Waals surface area contributed by atoms with E-state index in [1.807, 2.05) is 31.2 Å². The Morgan fingerprint density at radius 2 is 1.91 bits per heavy atom. The molecule has 6 heteroatoms. The summed E-state index contributed by atoms with van der Waals surface area (Å²) in [4.78, 5) is 11.8. The molecule has 0 saturated carbocycles. The molecule has 2 rings (SSSR count). The first-order chi connectivity index (χ1) is 11.1. The topological polar surface area (TPSA) is 72.7 Å². The normalized spacial score (nSPS) is 10.2. The number of hydrogen-bond acceptors (Lipinski definition) is 4. The number of amides is 2. The van der Waals surface area contributed by atoms with E-state index < -0.39 is 0 Å². The maximum Gasteiger partial charge on any atom is 0.315 e. The van der Waals surface area contributed by atoms with E-state index in [9.17, 15) is 4.79 Å². The fourth-order valence-electron chi connectivity index (χ4n) is 2.19. The lowest BCUT2D eigenvalue weighted by atomic mass is 10.1. The molecular weight excluding hydrogens is 296 g/mol. The number of aryl methyl sites for hydroxylation is 1. The smallest absolute Gasteiger partial charge is 0.315 e. The SMILES string of the molecule is COc1ccc(CCNC(=O)NCc2ccoc2C)cc1OC. The molecule has 2 aromatic rings. The van der Waals surface area contributed by atoms with Gasteiger partial charge < -0.3 is 24.5 Å². The highest BCUT2D eigenvalue weighted by Crippen LogP contribution is 2.27. The van der Waals surface area contributed by atoms with E-state index in [1.54, 1.807) is 20.5 Å². The van der Waals surface area contributed by atoms with Crippen molar-refractivity contribution in [1.29, 1.82) is 0 Å². The van der Waals surface area contributed by atoms with Crippen molar-refractivity contribution in [3.63, 3.8) is 0 Å². The molecule has 2 amide bonds. The zero-order valence-corrected chi connectivity index (χ0v) is 13.6. The lowest BCUT2D eigenvalue weighted by molar-refractivity contribution is 0.240. The number of benzene rings is 1. The molecule has 2 N–H and O–H groups in total. The first-order valence-electron chi connectivity index (χ1n) is 7.39. The van der Waals surface area contributed by atoms with Crippen LogP contribution in [-0.2, 0) is 13.0 Å². The molecule has 0 fully saturated rings. The number of rotatable bonds is 7. The largest absolute Gasteiger partial charge is 0.493 e. The van der Waals surface area contributed by atoms with Crippen LogP contribution in [0.25, 0.3) is 0 Å². The van der Waals surface area contributed by atoms with Crippen LogP contribution in [0.3, 0.4) is 0 Å². The van der Waals surface area contributed by atoms with E-state index in [4.69, 9.17) is 13.9 Å². The number of carbonyl (C=O) groups excluding carboxylic acids is 1. The average molecular weight is 318 g/mol. The molecule has 23 heavy (non-hydrogen) atoms. The van der Waals surface area contributed by atoms with E-state index in [1.165, 1.54) is 0 Å². The van der Waals surface area contributed by atoms with E-state index in [0.29, 0.717) is 31.0 Å². The molecule has 0 aliphatic heterocycles. The lowest BCUT2D eigenvalue weighted by Gasteiger charge is -2.10. The maximum atomic E-state index is 11.8. The molecule has 1 heterocycles. The number of furan rings is 1. The van der Waals surface area contributed by atoms with Gasteiger partial charge in [-0.2, -0.15) is 0 Å². The minimum absolute atomic E-state index is 0.203. The van der Waals surface area contributed by atoms with E-state index in [-0.39, 0.29) is 6.03 Å². The molecule has 1 aromatic heterocycles. The Morgan fingerprint density at radius 3 is 2.57 bits per heavy atom. The second-order valence-corrected chi connectivity index (χ2v) is 5.05. The molecular formula is C17H22N2O4. The van der Waals surface area contributed by atoms with Crippen LogP contribution in [0.5, 0.6) is 11.5 Å². The van der Waals surface area contributed by atoms with Crippen molar-refractivity contribution >= 4 is 6.03 Å². The van der Waals surface area contributed by atoms with Crippen molar-refractivity contribution in [3.05, 3.63) is 47.4 Å². The van der Waals surface area contributed by atoms with Crippen molar-refractivity contribution in [2.75, 3.05) is 20.8 Å². The Balaban J connectivity index is 1.76. The van der Waals surface area contributed by atoms with Crippen molar-refractivity contribution in [3.8, 4) is 11.5 Å². The van der Waals surface area contributed by atoms with Gasteiger partial charge in [-0.05, 0) is 37.1 Å². The summed E-state index contributed by atoms with van der Waals surface area (Å²) in [6, 6.07) is 7.36. The van der Waals surface area contributed by atoms with Gasteiger partial charge in [-0.25, -0.2) is 4.79 Å². The molecule has 0 bridgehead atoms. The molecule has 0 atom stereocenters. The van der Waals surface area contributed by atoms with E-state index >= 15 is 0 Å². The second-order valence-electron chi connectivity index (χ2n) is 5.05. The number of methoxy groups -OCH3 is 2. The summed E-state index contributed by atoms with van der Waals surface area (Å²) in [5, 5.41) is 5.62. The van der Waals surface area contributed by atoms with Gasteiger partial charge in [0, 0.05) is 18.7 Å². The molecule has 0 aliphatic carbocycles. The van der Waals surface area contributed by atoms with Gasteiger partial charge in [-0.1, -0.05) is 6.07 Å². The van der Waals surface area contributed by atoms with Crippen molar-refractivity contribution < 1.29 is 18.7 Å². The molecule has 0 radical (unpaired) electrons. The Bertz CT molecular complexity index is 652. The highest BCUT2D eigenvalue weighted by Gasteiger charge is 2.06. The molecule has 0 saturated heterocycles. The fourth-order valence-corrected chi connectivity index (χ4v) is 2.19. The van der Waals surface area contributed by atoms with Gasteiger partial charge in [-0.3, -0.25) is 0 Å². The summed E-state index contributed by atoms with van der Waals surface area (Å²) >= 11 is 0. The Hall–Kier alpha value is -2.63. The van der Waals surface area contributed by atoms with Gasteiger partial charge in [0.15, 0.2) is 11.5 Å². The standard InChI is InChI=1S/C17H22N2O4/c1-12-14(7-9-23-12)11-19-17(20)18-8-6-13-4-5-15(21-2)16(10-13)22-3/h4-5,7,9-10H,6,8,11H2,1-3H3,(H2,18,19,20). The minimum Gasteiger partial charge on any atom is -0.493 e. The molecule has 6 nitrogen and oxygen atoms in total. The summed E-state index contributed by atoms with van der Waals surface area (Å²) in [5.41, 5.74) is 2.04. The zero-order chi connectivity index (χ0) is 16.7. The Labute approximate surface area is 135 Å². The van der Waals surface area contributed by atoms with Crippen LogP contribution in [0.4, 0.5) is 4.79 Å². The second kappa shape index (κ2) is 8.12. The number of urea groups is 1. The van der Waals surface area contributed by atoms with Crippen LogP contribution in [0, 0.1) is 6.92 Å². The van der Waals surface area contributed by atoms with E-state index in [0.717, 1.165) is 16.9 Å². The van der Waals surface area contributed by atoms with Gasteiger partial charge in [0.25, 0.3) is 0 Å². The van der Waals surface area contributed by atoms with Crippen LogP contribution >= 0.6 is 0 Å². The van der Waals surface area contributed by atoms with Crippen LogP contribution < -0.4 is 20.1 Å². The highest BCUT2D eigenvalue weighted by molar-refractivity contribution is 5.73. The van der Waals surface area contributed by atoms with Gasteiger partial charge in [-0.15, -0.1) is 0 Å². The summed E-state index contributed by atoms with van der Waals surface area (Å²) in [6.07, 6.45) is 2.32. The lowest BCUT2D eigenvalue weighted by Crippen LogP contribution is -2.36. The van der Waals surface area contributed by atoms with Crippen molar-refractivity contribution in [2.24, 2.45) is 0 Å². The van der Waals surface area contributed by atoms with Crippen LogP contribution in [-0.4, -0.2) is 26.8 Å². The third kappa shape index (κ3) is 4.67. The summed E-state index contributed by atoms with van der Waals surface area (Å²) in [7, 11) is 3.20. The van der Waals surface area contributed by atoms with Gasteiger partial charge >= 0.3 is 6.03 Å². The quantitative estimate of drug-likeness (QED) is 0.823. The minimum atomic E-state index is -0.203. The Kier molecular flexibility index (Phi) is 5.91. The first-order valence-corrected chi connectivity index (χ1v) is 7.39. The fraction of sp³-hybridized carbons (Fsp3) is 0.353. The monoisotopic (exact) mass is 318 g/mol. The molecule has 0 spiro atoms. The molecule has 0 unspecified atom stereocenters. The zero-order valence-electron chi connectivity index (χ0n) is 13.6. The number of hydrogen-bond donors (Lipinski definition) is 2. The molecule has 124 valence electrons. The number of ether oxygens (including phenoxy) is 2. The predicted molar refractivity (Wildman–Crippen MR) is 86.9 cm³/mol. The third-order valence-corrected chi connectivity index (χ3v) is 3.55.